The molecule has 1 rings (SSSR count). The topological polar surface area (TPSA) is 147 Å². The first kappa shape index (κ1) is 20.0. The van der Waals surface area contributed by atoms with Crippen LogP contribution in [0.3, 0.4) is 0 Å². The van der Waals surface area contributed by atoms with Crippen molar-refractivity contribution < 1.29 is 24.9 Å². The normalized spacial score (nSPS) is 12.7. The molecule has 0 saturated carbocycles. The molecule has 0 heterocycles. The number of carboxylic acid groups (broad SMARTS) is 2. The van der Waals surface area contributed by atoms with Crippen LogP contribution in [0.25, 0.3) is 0 Å². The Labute approximate surface area is 129 Å². The van der Waals surface area contributed by atoms with Crippen molar-refractivity contribution in [2.45, 2.75) is 37.8 Å². The van der Waals surface area contributed by atoms with E-state index in [1.807, 2.05) is 30.3 Å². The third-order valence-corrected chi connectivity index (χ3v) is 2.79. The number of nitrogens with two attached hydrogens (primary N) is 2. The zero-order valence-corrected chi connectivity index (χ0v) is 12.4. The van der Waals surface area contributed by atoms with E-state index in [1.165, 1.54) is 0 Å². The minimum absolute atomic E-state index is 0.191. The summed E-state index contributed by atoms with van der Waals surface area (Å²) in [7, 11) is 0. The Bertz CT molecular complexity index is 439. The molecule has 7 N–H and O–H groups in total. The fourth-order valence-corrected chi connectivity index (χ4v) is 1.61. The Kier molecular flexibility index (Phi) is 10.6. The number of carbonyl (C=O) groups is 2. The van der Waals surface area contributed by atoms with Gasteiger partial charge in [-0.2, -0.15) is 0 Å². The number of aliphatic carboxylic acids is 2. The minimum atomic E-state index is -1.04. The third kappa shape index (κ3) is 10.8. The average molecular weight is 312 g/mol. The molecule has 2 unspecified atom stereocenters. The second-order valence-electron chi connectivity index (χ2n) is 4.80. The van der Waals surface area contributed by atoms with Crippen molar-refractivity contribution in [2.75, 3.05) is 6.54 Å². The van der Waals surface area contributed by atoms with E-state index in [2.05, 4.69) is 0 Å². The SMILES string of the molecule is NC(Cc1ccccc1)C(O)CC(=O)O.NCCCC(=O)O. The first-order valence-corrected chi connectivity index (χ1v) is 6.98. The maximum atomic E-state index is 10.4. The van der Waals surface area contributed by atoms with E-state index in [1.54, 1.807) is 0 Å². The van der Waals surface area contributed by atoms with E-state index in [4.69, 9.17) is 21.7 Å². The van der Waals surface area contributed by atoms with Crippen molar-refractivity contribution >= 4 is 11.9 Å². The fraction of sp³-hybridized carbons (Fsp3) is 0.467. The van der Waals surface area contributed by atoms with Crippen LogP contribution in [0.4, 0.5) is 0 Å². The van der Waals surface area contributed by atoms with Gasteiger partial charge >= 0.3 is 11.9 Å². The van der Waals surface area contributed by atoms with Gasteiger partial charge in [-0.25, -0.2) is 0 Å². The molecule has 0 aliphatic heterocycles. The second-order valence-corrected chi connectivity index (χ2v) is 4.80. The smallest absolute Gasteiger partial charge is 0.306 e. The average Bonchev–Trinajstić information content (AvgIpc) is 2.46. The summed E-state index contributed by atoms with van der Waals surface area (Å²) in [6, 6.07) is 8.91. The van der Waals surface area contributed by atoms with E-state index >= 15 is 0 Å². The molecule has 0 aliphatic rings. The van der Waals surface area contributed by atoms with Crippen LogP contribution in [0.1, 0.15) is 24.8 Å². The van der Waals surface area contributed by atoms with E-state index in [-0.39, 0.29) is 12.8 Å². The van der Waals surface area contributed by atoms with Gasteiger partial charge in [0.05, 0.1) is 12.5 Å². The van der Waals surface area contributed by atoms with Crippen LogP contribution >= 0.6 is 0 Å². The van der Waals surface area contributed by atoms with Gasteiger partial charge in [-0.15, -0.1) is 0 Å². The lowest BCUT2D eigenvalue weighted by molar-refractivity contribution is -0.139. The Morgan fingerprint density at radius 3 is 2.09 bits per heavy atom. The molecule has 7 heteroatoms. The van der Waals surface area contributed by atoms with Crippen molar-refractivity contribution in [3.63, 3.8) is 0 Å². The molecule has 0 saturated heterocycles. The molecule has 0 radical (unpaired) electrons. The highest BCUT2D eigenvalue weighted by Crippen LogP contribution is 2.06. The number of aliphatic hydroxyl groups excluding tert-OH is 1. The number of hydrogen-bond donors (Lipinski definition) is 5. The highest BCUT2D eigenvalue weighted by molar-refractivity contribution is 5.67. The molecule has 0 bridgehead atoms. The zero-order valence-electron chi connectivity index (χ0n) is 12.4. The highest BCUT2D eigenvalue weighted by atomic mass is 16.4. The molecule has 0 amide bonds. The van der Waals surface area contributed by atoms with Gasteiger partial charge in [-0.3, -0.25) is 9.59 Å². The Balaban J connectivity index is 0.000000534. The standard InChI is InChI=1S/C11H15NO3.C4H9NO2/c12-9(10(13)7-11(14)15)6-8-4-2-1-3-5-8;5-3-1-2-4(6)7/h1-5,9-10,13H,6-7,12H2,(H,14,15);1-3,5H2,(H,6,7). The number of aliphatic hydroxyl groups is 1. The zero-order chi connectivity index (χ0) is 17.0. The van der Waals surface area contributed by atoms with Crippen molar-refractivity contribution in [2.24, 2.45) is 11.5 Å². The number of benzene rings is 1. The molecule has 2 atom stereocenters. The van der Waals surface area contributed by atoms with Gasteiger partial charge in [-0.1, -0.05) is 30.3 Å². The van der Waals surface area contributed by atoms with E-state index in [0.29, 0.717) is 19.4 Å². The third-order valence-electron chi connectivity index (χ3n) is 2.79. The van der Waals surface area contributed by atoms with E-state index in [9.17, 15) is 14.7 Å². The maximum Gasteiger partial charge on any atom is 0.306 e. The van der Waals surface area contributed by atoms with Gasteiger partial charge in [0.25, 0.3) is 0 Å². The predicted octanol–water partition coefficient (Wildman–Crippen LogP) is 0.202. The summed E-state index contributed by atoms with van der Waals surface area (Å²) in [6.07, 6.45) is -0.0579. The summed E-state index contributed by atoms with van der Waals surface area (Å²) < 4.78 is 0. The van der Waals surface area contributed by atoms with Crippen LogP contribution in [0.15, 0.2) is 30.3 Å². The van der Waals surface area contributed by atoms with Crippen LogP contribution in [0, 0.1) is 0 Å². The van der Waals surface area contributed by atoms with Crippen LogP contribution in [-0.4, -0.2) is 45.9 Å². The van der Waals surface area contributed by atoms with Gasteiger partial charge in [0.1, 0.15) is 0 Å². The summed E-state index contributed by atoms with van der Waals surface area (Å²) in [5.74, 6) is -1.81. The fourth-order valence-electron chi connectivity index (χ4n) is 1.61. The molecule has 7 nitrogen and oxygen atoms in total. The largest absolute Gasteiger partial charge is 0.481 e. The van der Waals surface area contributed by atoms with Crippen molar-refractivity contribution in [1.29, 1.82) is 0 Å². The number of rotatable bonds is 8. The quantitative estimate of drug-likeness (QED) is 0.460. The molecule has 0 aliphatic carbocycles. The highest BCUT2D eigenvalue weighted by Gasteiger charge is 2.18. The van der Waals surface area contributed by atoms with Gasteiger partial charge in [0.15, 0.2) is 0 Å². The predicted molar refractivity (Wildman–Crippen MR) is 82.3 cm³/mol. The molecular weight excluding hydrogens is 288 g/mol. The summed E-state index contributed by atoms with van der Waals surface area (Å²) in [5.41, 5.74) is 11.7. The molecule has 22 heavy (non-hydrogen) atoms. The molecule has 124 valence electrons. The van der Waals surface area contributed by atoms with Crippen LogP contribution < -0.4 is 11.5 Å². The van der Waals surface area contributed by atoms with E-state index in [0.717, 1.165) is 5.56 Å². The Hall–Kier alpha value is -1.96. The van der Waals surface area contributed by atoms with Gasteiger partial charge in [-0.05, 0) is 24.9 Å². The molecule has 0 fully saturated rings. The lowest BCUT2D eigenvalue weighted by Crippen LogP contribution is -2.38. The van der Waals surface area contributed by atoms with Crippen LogP contribution in [0.5, 0.6) is 0 Å². The summed E-state index contributed by atoms with van der Waals surface area (Å²) >= 11 is 0. The molecule has 0 spiro atoms. The summed E-state index contributed by atoms with van der Waals surface area (Å²) in [6.45, 7) is 0.465. The lowest BCUT2D eigenvalue weighted by atomic mass is 10.0. The van der Waals surface area contributed by atoms with Gasteiger partial charge in [0, 0.05) is 12.5 Å². The Morgan fingerprint density at radius 2 is 1.68 bits per heavy atom. The van der Waals surface area contributed by atoms with Gasteiger partial charge < -0.3 is 26.8 Å². The van der Waals surface area contributed by atoms with E-state index < -0.39 is 24.1 Å². The second kappa shape index (κ2) is 11.7. The monoisotopic (exact) mass is 312 g/mol. The lowest BCUT2D eigenvalue weighted by Gasteiger charge is -2.16. The minimum Gasteiger partial charge on any atom is -0.481 e. The first-order valence-electron chi connectivity index (χ1n) is 6.98. The van der Waals surface area contributed by atoms with Crippen LogP contribution in [-0.2, 0) is 16.0 Å². The molecule has 1 aromatic carbocycles. The first-order chi connectivity index (χ1) is 10.4. The molecule has 1 aromatic rings. The maximum absolute atomic E-state index is 10.4. The molecular formula is C15H24N2O5. The summed E-state index contributed by atoms with van der Waals surface area (Å²) in [5, 5.41) is 25.9. The van der Waals surface area contributed by atoms with Crippen LogP contribution in [0.2, 0.25) is 0 Å². The number of carboxylic acids is 2. The van der Waals surface area contributed by atoms with Crippen molar-refractivity contribution in [3.8, 4) is 0 Å². The molecule has 0 aromatic heterocycles. The Morgan fingerprint density at radius 1 is 1.09 bits per heavy atom. The number of hydrogen-bond acceptors (Lipinski definition) is 5. The summed E-state index contributed by atoms with van der Waals surface area (Å²) in [4.78, 5) is 20.1. The van der Waals surface area contributed by atoms with Crippen molar-refractivity contribution in [1.82, 2.24) is 0 Å². The van der Waals surface area contributed by atoms with Gasteiger partial charge in [0.2, 0.25) is 0 Å². The van der Waals surface area contributed by atoms with Crippen molar-refractivity contribution in [3.05, 3.63) is 35.9 Å².